The topological polar surface area (TPSA) is 25.7 Å². The summed E-state index contributed by atoms with van der Waals surface area (Å²) in [4.78, 5) is 0. The van der Waals surface area contributed by atoms with Crippen LogP contribution in [0.15, 0.2) is 85.2 Å². The number of nitrogens with one attached hydrogen (secondary N) is 1. The normalized spacial score (nSPS) is 17.2. The van der Waals surface area contributed by atoms with Gasteiger partial charge >= 0.3 is 0 Å². The van der Waals surface area contributed by atoms with Gasteiger partial charge in [-0.15, -0.1) is 0 Å². The number of aryl methyl sites for hydroxylation is 2. The SMILES string of the molecule is CCC(Oc1ccc(-c2cn3ccccc3c2CCc2ccccc2)cc1)C1CCCNC1. The molecule has 3 heteroatoms. The van der Waals surface area contributed by atoms with E-state index in [4.69, 9.17) is 4.74 Å². The molecule has 2 unspecified atom stereocenters. The first kappa shape index (κ1) is 21.8. The monoisotopic (exact) mass is 438 g/mol. The number of fused-ring (bicyclic) bond motifs is 1. The Kier molecular flexibility index (Phi) is 6.78. The minimum absolute atomic E-state index is 0.280. The van der Waals surface area contributed by atoms with E-state index in [0.717, 1.165) is 38.1 Å². The van der Waals surface area contributed by atoms with Crippen LogP contribution in [0.1, 0.15) is 37.3 Å². The summed E-state index contributed by atoms with van der Waals surface area (Å²) in [6.45, 7) is 4.44. The van der Waals surface area contributed by atoms with E-state index < -0.39 is 0 Å². The molecule has 1 aliphatic heterocycles. The Hall–Kier alpha value is -3.04. The third kappa shape index (κ3) is 4.99. The van der Waals surface area contributed by atoms with Crippen LogP contribution in [0.3, 0.4) is 0 Å². The molecule has 0 bridgehead atoms. The Balaban J connectivity index is 1.38. The third-order valence-electron chi connectivity index (χ3n) is 7.01. The molecule has 4 aromatic rings. The highest BCUT2D eigenvalue weighted by Crippen LogP contribution is 2.32. The van der Waals surface area contributed by atoms with E-state index in [1.54, 1.807) is 0 Å². The smallest absolute Gasteiger partial charge is 0.119 e. The van der Waals surface area contributed by atoms with Gasteiger partial charge < -0.3 is 14.5 Å². The zero-order valence-electron chi connectivity index (χ0n) is 19.5. The fourth-order valence-electron chi connectivity index (χ4n) is 5.20. The molecule has 170 valence electrons. The fraction of sp³-hybridized carbons (Fsp3) is 0.333. The van der Waals surface area contributed by atoms with Gasteiger partial charge in [0.25, 0.3) is 0 Å². The fourth-order valence-corrected chi connectivity index (χ4v) is 5.20. The molecule has 33 heavy (non-hydrogen) atoms. The number of rotatable bonds is 8. The summed E-state index contributed by atoms with van der Waals surface area (Å²) >= 11 is 0. The molecule has 2 aromatic carbocycles. The van der Waals surface area contributed by atoms with Gasteiger partial charge in [-0.25, -0.2) is 0 Å². The van der Waals surface area contributed by atoms with Crippen LogP contribution in [-0.2, 0) is 12.8 Å². The van der Waals surface area contributed by atoms with Gasteiger partial charge in [-0.1, -0.05) is 55.5 Å². The molecule has 1 aliphatic rings. The highest BCUT2D eigenvalue weighted by Gasteiger charge is 2.23. The summed E-state index contributed by atoms with van der Waals surface area (Å²) in [5.41, 5.74) is 6.64. The second-order valence-electron chi connectivity index (χ2n) is 9.20. The van der Waals surface area contributed by atoms with E-state index in [1.165, 1.54) is 40.6 Å². The maximum absolute atomic E-state index is 6.44. The van der Waals surface area contributed by atoms with Crippen LogP contribution in [0.4, 0.5) is 0 Å². The molecule has 1 N–H and O–H groups in total. The summed E-state index contributed by atoms with van der Waals surface area (Å²) in [5, 5.41) is 3.53. The Morgan fingerprint density at radius 1 is 0.970 bits per heavy atom. The lowest BCUT2D eigenvalue weighted by atomic mass is 9.92. The molecule has 5 rings (SSSR count). The maximum atomic E-state index is 6.44. The zero-order chi connectivity index (χ0) is 22.5. The summed E-state index contributed by atoms with van der Waals surface area (Å²) in [6.07, 6.45) is 10.3. The van der Waals surface area contributed by atoms with Gasteiger partial charge in [0.05, 0.1) is 0 Å². The molecule has 1 saturated heterocycles. The lowest BCUT2D eigenvalue weighted by molar-refractivity contribution is 0.111. The van der Waals surface area contributed by atoms with Crippen LogP contribution >= 0.6 is 0 Å². The van der Waals surface area contributed by atoms with Crippen LogP contribution in [0, 0.1) is 5.92 Å². The van der Waals surface area contributed by atoms with Gasteiger partial charge in [0, 0.05) is 35.9 Å². The van der Waals surface area contributed by atoms with Crippen molar-refractivity contribution in [3.05, 3.63) is 96.3 Å². The van der Waals surface area contributed by atoms with Crippen molar-refractivity contribution >= 4 is 5.52 Å². The lowest BCUT2D eigenvalue weighted by Crippen LogP contribution is -2.39. The van der Waals surface area contributed by atoms with E-state index in [2.05, 4.69) is 102 Å². The zero-order valence-corrected chi connectivity index (χ0v) is 19.5. The van der Waals surface area contributed by atoms with Crippen molar-refractivity contribution in [3.63, 3.8) is 0 Å². The first-order valence-electron chi connectivity index (χ1n) is 12.4. The minimum Gasteiger partial charge on any atom is -0.490 e. The Bertz CT molecular complexity index is 1160. The van der Waals surface area contributed by atoms with Crippen molar-refractivity contribution in [1.29, 1.82) is 0 Å². The largest absolute Gasteiger partial charge is 0.490 e. The molecule has 3 heterocycles. The second kappa shape index (κ2) is 10.3. The summed E-state index contributed by atoms with van der Waals surface area (Å²) in [7, 11) is 0. The van der Waals surface area contributed by atoms with Crippen LogP contribution in [-0.4, -0.2) is 23.6 Å². The van der Waals surface area contributed by atoms with Crippen molar-refractivity contribution in [1.82, 2.24) is 9.72 Å². The maximum Gasteiger partial charge on any atom is 0.119 e. The van der Waals surface area contributed by atoms with Crippen molar-refractivity contribution in [2.75, 3.05) is 13.1 Å². The van der Waals surface area contributed by atoms with Crippen LogP contribution in [0.2, 0.25) is 0 Å². The molecular formula is C30H34N2O. The number of benzene rings is 2. The van der Waals surface area contributed by atoms with Crippen molar-refractivity contribution in [2.45, 2.75) is 45.1 Å². The minimum atomic E-state index is 0.280. The summed E-state index contributed by atoms with van der Waals surface area (Å²) in [5.74, 6) is 1.58. The standard InChI is InChI=1S/C30H34N2O/c1-2-30(25-11-8-19-31-21-25)33-26-16-14-24(15-17-26)28-22-32-20-7-6-12-29(32)27(28)18-13-23-9-4-3-5-10-23/h3-7,9-10,12,14-17,20,22,25,30-31H,2,8,11,13,18-19,21H2,1H3. The van der Waals surface area contributed by atoms with Crippen molar-refractivity contribution < 1.29 is 4.74 Å². The molecule has 0 saturated carbocycles. The second-order valence-corrected chi connectivity index (χ2v) is 9.20. The predicted molar refractivity (Wildman–Crippen MR) is 137 cm³/mol. The van der Waals surface area contributed by atoms with Gasteiger partial charge in [-0.2, -0.15) is 0 Å². The molecule has 0 aliphatic carbocycles. The molecule has 3 nitrogen and oxygen atoms in total. The lowest BCUT2D eigenvalue weighted by Gasteiger charge is -2.30. The molecule has 2 aromatic heterocycles. The highest BCUT2D eigenvalue weighted by molar-refractivity contribution is 5.77. The number of hydrogen-bond donors (Lipinski definition) is 1. The number of ether oxygens (including phenoxy) is 1. The summed E-state index contributed by atoms with van der Waals surface area (Å²) in [6, 6.07) is 26.0. The Morgan fingerprint density at radius 3 is 2.55 bits per heavy atom. The van der Waals surface area contributed by atoms with E-state index in [1.807, 2.05) is 0 Å². The Morgan fingerprint density at radius 2 is 1.79 bits per heavy atom. The molecule has 1 fully saturated rings. The first-order valence-corrected chi connectivity index (χ1v) is 12.4. The van der Waals surface area contributed by atoms with E-state index >= 15 is 0 Å². The van der Waals surface area contributed by atoms with Crippen molar-refractivity contribution in [2.24, 2.45) is 5.92 Å². The summed E-state index contributed by atoms with van der Waals surface area (Å²) < 4.78 is 8.70. The third-order valence-corrected chi connectivity index (χ3v) is 7.01. The van der Waals surface area contributed by atoms with Gasteiger partial charge in [-0.3, -0.25) is 0 Å². The molecular weight excluding hydrogens is 404 g/mol. The van der Waals surface area contributed by atoms with E-state index in [-0.39, 0.29) is 6.10 Å². The Labute approximate surface area is 197 Å². The molecule has 0 amide bonds. The van der Waals surface area contributed by atoms with Crippen molar-refractivity contribution in [3.8, 4) is 16.9 Å². The average Bonchev–Trinajstić information content (AvgIpc) is 3.26. The van der Waals surface area contributed by atoms with Gasteiger partial charge in [0.2, 0.25) is 0 Å². The van der Waals surface area contributed by atoms with Crippen LogP contribution in [0.5, 0.6) is 5.75 Å². The predicted octanol–water partition coefficient (Wildman–Crippen LogP) is 6.55. The number of piperidine rings is 1. The quantitative estimate of drug-likeness (QED) is 0.338. The van der Waals surface area contributed by atoms with Gasteiger partial charge in [-0.05, 0) is 79.6 Å². The highest BCUT2D eigenvalue weighted by atomic mass is 16.5. The van der Waals surface area contributed by atoms with E-state index in [9.17, 15) is 0 Å². The molecule has 2 atom stereocenters. The van der Waals surface area contributed by atoms with Gasteiger partial charge in [0.1, 0.15) is 11.9 Å². The first-order chi connectivity index (χ1) is 16.3. The number of hydrogen-bond acceptors (Lipinski definition) is 2. The number of nitrogens with zero attached hydrogens (tertiary/aromatic N) is 1. The van der Waals surface area contributed by atoms with Crippen LogP contribution < -0.4 is 10.1 Å². The molecule has 0 radical (unpaired) electrons. The number of pyridine rings is 1. The van der Waals surface area contributed by atoms with Gasteiger partial charge in [0.15, 0.2) is 0 Å². The average molecular weight is 439 g/mol. The number of aromatic nitrogens is 1. The van der Waals surface area contributed by atoms with Crippen LogP contribution in [0.25, 0.3) is 16.6 Å². The van der Waals surface area contributed by atoms with E-state index in [0.29, 0.717) is 5.92 Å². The molecule has 0 spiro atoms.